The van der Waals surface area contributed by atoms with E-state index in [9.17, 15) is 20.0 Å². The molecular weight excluding hydrogens is 306 g/mol. The highest BCUT2D eigenvalue weighted by Gasteiger charge is 2.30. The number of benzene rings is 1. The molecule has 0 spiro atoms. The first-order valence-corrected chi connectivity index (χ1v) is 7.45. The number of nitrogens with one attached hydrogen (secondary N) is 1. The molecule has 0 saturated carbocycles. The van der Waals surface area contributed by atoms with Crippen molar-refractivity contribution in [2.75, 3.05) is 0 Å². The van der Waals surface area contributed by atoms with Crippen LogP contribution < -0.4 is 5.32 Å². The van der Waals surface area contributed by atoms with Gasteiger partial charge in [0.1, 0.15) is 5.01 Å². The average Bonchev–Trinajstić information content (AvgIpc) is 3.01. The Hall–Kier alpha value is -2.48. The molecule has 22 heavy (non-hydrogen) atoms. The molecule has 0 saturated heterocycles. The molecule has 1 amide bonds. The third kappa shape index (κ3) is 3.06. The first-order valence-electron chi connectivity index (χ1n) is 6.57. The van der Waals surface area contributed by atoms with Gasteiger partial charge in [-0.05, 0) is 25.5 Å². The minimum absolute atomic E-state index is 0.152. The van der Waals surface area contributed by atoms with Crippen molar-refractivity contribution in [1.29, 1.82) is 0 Å². The number of thiazole rings is 1. The molecule has 0 bridgehead atoms. The van der Waals surface area contributed by atoms with E-state index >= 15 is 0 Å². The summed E-state index contributed by atoms with van der Waals surface area (Å²) >= 11 is 1.44. The van der Waals surface area contributed by atoms with Gasteiger partial charge in [0.25, 0.3) is 5.91 Å². The summed E-state index contributed by atoms with van der Waals surface area (Å²) in [4.78, 5) is 26.5. The van der Waals surface area contributed by atoms with Gasteiger partial charge in [0.05, 0.1) is 10.5 Å². The second-order valence-electron chi connectivity index (χ2n) is 4.94. The molecule has 0 radical (unpaired) electrons. The van der Waals surface area contributed by atoms with E-state index in [0.717, 1.165) is 17.1 Å². The lowest BCUT2D eigenvalue weighted by Crippen LogP contribution is -2.43. The van der Waals surface area contributed by atoms with Gasteiger partial charge in [-0.2, -0.15) is 0 Å². The summed E-state index contributed by atoms with van der Waals surface area (Å²) in [6, 6.07) is 3.51. The van der Waals surface area contributed by atoms with Crippen molar-refractivity contribution in [2.24, 2.45) is 0 Å². The van der Waals surface area contributed by atoms with E-state index in [-0.39, 0.29) is 5.56 Å². The van der Waals surface area contributed by atoms with Crippen molar-refractivity contribution >= 4 is 22.9 Å². The highest BCUT2D eigenvalue weighted by atomic mass is 32.1. The van der Waals surface area contributed by atoms with Crippen LogP contribution in [0.2, 0.25) is 0 Å². The second kappa shape index (κ2) is 6.10. The Kier molecular flexibility index (Phi) is 4.41. The second-order valence-corrected chi connectivity index (χ2v) is 5.83. The Morgan fingerprint density at radius 1 is 1.55 bits per heavy atom. The smallest absolute Gasteiger partial charge is 0.310 e. The Balaban J connectivity index is 2.25. The fourth-order valence-corrected chi connectivity index (χ4v) is 2.76. The molecule has 0 aliphatic rings. The van der Waals surface area contributed by atoms with E-state index < -0.39 is 27.8 Å². The maximum absolute atomic E-state index is 12.3. The number of nitrogens with zero attached hydrogens (tertiary/aromatic N) is 2. The maximum Gasteiger partial charge on any atom is 0.310 e. The molecule has 1 heterocycles. The largest absolute Gasteiger partial charge is 0.502 e. The highest BCUT2D eigenvalue weighted by molar-refractivity contribution is 7.09. The summed E-state index contributed by atoms with van der Waals surface area (Å²) in [5.74, 6) is -0.963. The van der Waals surface area contributed by atoms with E-state index in [2.05, 4.69) is 10.3 Å². The molecule has 1 aromatic carbocycles. The Bertz CT molecular complexity index is 702. The lowest BCUT2D eigenvalue weighted by atomic mass is 9.99. The van der Waals surface area contributed by atoms with Crippen LogP contribution in [0.3, 0.4) is 0 Å². The van der Waals surface area contributed by atoms with Crippen LogP contribution in [-0.4, -0.2) is 20.9 Å². The first kappa shape index (κ1) is 15.9. The van der Waals surface area contributed by atoms with Gasteiger partial charge < -0.3 is 10.4 Å². The fourth-order valence-electron chi connectivity index (χ4n) is 1.93. The molecule has 0 aliphatic carbocycles. The number of phenolic OH excluding ortho intramolecular Hbond substituents is 1. The molecule has 1 aromatic heterocycles. The van der Waals surface area contributed by atoms with Crippen LogP contribution >= 0.6 is 11.3 Å². The van der Waals surface area contributed by atoms with Crippen LogP contribution in [0.1, 0.15) is 35.6 Å². The number of aromatic nitrogens is 1. The molecule has 0 unspecified atom stereocenters. The number of amides is 1. The average molecular weight is 321 g/mol. The summed E-state index contributed by atoms with van der Waals surface area (Å²) in [7, 11) is 0. The fraction of sp³-hybridized carbons (Fsp3) is 0.286. The molecule has 0 fully saturated rings. The van der Waals surface area contributed by atoms with Gasteiger partial charge in [-0.25, -0.2) is 4.98 Å². The number of carbonyl (C=O) groups is 1. The van der Waals surface area contributed by atoms with E-state index in [4.69, 9.17) is 0 Å². The summed E-state index contributed by atoms with van der Waals surface area (Å²) in [6.07, 6.45) is 2.29. The van der Waals surface area contributed by atoms with Crippen LogP contribution in [0.25, 0.3) is 0 Å². The monoisotopic (exact) mass is 321 g/mol. The number of rotatable bonds is 5. The zero-order valence-corrected chi connectivity index (χ0v) is 12.9. The lowest BCUT2D eigenvalue weighted by Gasteiger charge is -2.27. The lowest BCUT2D eigenvalue weighted by molar-refractivity contribution is -0.385. The van der Waals surface area contributed by atoms with Gasteiger partial charge in [0.15, 0.2) is 5.75 Å². The Labute approximate surface area is 130 Å². The van der Waals surface area contributed by atoms with E-state index in [1.807, 2.05) is 19.2 Å². The maximum atomic E-state index is 12.3. The molecule has 8 heteroatoms. The third-order valence-electron chi connectivity index (χ3n) is 3.44. The van der Waals surface area contributed by atoms with Crippen LogP contribution in [-0.2, 0) is 5.54 Å². The summed E-state index contributed by atoms with van der Waals surface area (Å²) < 4.78 is 0. The molecule has 2 aromatic rings. The number of phenols is 1. The Morgan fingerprint density at radius 2 is 2.27 bits per heavy atom. The molecule has 116 valence electrons. The minimum atomic E-state index is -0.706. The van der Waals surface area contributed by atoms with Crippen LogP contribution in [0.4, 0.5) is 5.69 Å². The molecule has 1 atom stereocenters. The number of nitro groups is 1. The predicted molar refractivity (Wildman–Crippen MR) is 82.0 cm³/mol. The van der Waals surface area contributed by atoms with Crippen LogP contribution in [0.5, 0.6) is 5.75 Å². The van der Waals surface area contributed by atoms with Gasteiger partial charge in [0, 0.05) is 23.2 Å². The minimum Gasteiger partial charge on any atom is -0.502 e. The summed E-state index contributed by atoms with van der Waals surface area (Å²) in [6.45, 7) is 3.78. The van der Waals surface area contributed by atoms with E-state index in [1.54, 1.807) is 6.20 Å². The summed E-state index contributed by atoms with van der Waals surface area (Å²) in [5, 5.41) is 25.8. The zero-order valence-electron chi connectivity index (χ0n) is 12.1. The third-order valence-corrected chi connectivity index (χ3v) is 4.47. The van der Waals surface area contributed by atoms with Crippen molar-refractivity contribution in [3.63, 3.8) is 0 Å². The number of nitro benzene ring substituents is 1. The van der Waals surface area contributed by atoms with Crippen LogP contribution in [0.15, 0.2) is 29.8 Å². The van der Waals surface area contributed by atoms with Gasteiger partial charge in [-0.15, -0.1) is 11.3 Å². The highest BCUT2D eigenvalue weighted by Crippen LogP contribution is 2.29. The SMILES string of the molecule is CC[C@](C)(NC(=O)c1ccc([N+](=O)[O-])c(O)c1)c1nccs1. The van der Waals surface area contributed by atoms with Gasteiger partial charge in [-0.3, -0.25) is 14.9 Å². The van der Waals surface area contributed by atoms with Crippen molar-refractivity contribution < 1.29 is 14.8 Å². The molecule has 2 rings (SSSR count). The Morgan fingerprint density at radius 3 is 2.77 bits per heavy atom. The van der Waals surface area contributed by atoms with E-state index in [1.165, 1.54) is 17.4 Å². The summed E-state index contributed by atoms with van der Waals surface area (Å²) in [5.41, 5.74) is -0.920. The normalized spacial score (nSPS) is 13.4. The van der Waals surface area contributed by atoms with Crippen LogP contribution in [0, 0.1) is 10.1 Å². The topological polar surface area (TPSA) is 105 Å². The van der Waals surface area contributed by atoms with E-state index in [0.29, 0.717) is 6.42 Å². The molecule has 2 N–H and O–H groups in total. The number of aromatic hydroxyl groups is 1. The van der Waals surface area contributed by atoms with Crippen molar-refractivity contribution in [1.82, 2.24) is 10.3 Å². The quantitative estimate of drug-likeness (QED) is 0.650. The van der Waals surface area contributed by atoms with Crippen molar-refractivity contribution in [3.8, 4) is 5.75 Å². The zero-order chi connectivity index (χ0) is 16.3. The molecular formula is C14H15N3O4S. The van der Waals surface area contributed by atoms with Gasteiger partial charge >= 0.3 is 5.69 Å². The predicted octanol–water partition coefficient (Wildman–Crippen LogP) is 2.81. The molecule has 0 aliphatic heterocycles. The number of hydrogen-bond donors (Lipinski definition) is 2. The standard InChI is InChI=1S/C14H15N3O4S/c1-3-14(2,13-15-6-7-22-13)16-12(19)9-4-5-10(17(20)21)11(18)8-9/h4-8,18H,3H2,1-2H3,(H,16,19)/t14-/m0/s1. The number of hydrogen-bond acceptors (Lipinski definition) is 6. The van der Waals surface area contributed by atoms with Gasteiger partial charge in [0.2, 0.25) is 0 Å². The van der Waals surface area contributed by atoms with Crippen molar-refractivity contribution in [3.05, 3.63) is 50.5 Å². The van der Waals surface area contributed by atoms with Crippen molar-refractivity contribution in [2.45, 2.75) is 25.8 Å². The first-order chi connectivity index (χ1) is 10.4. The molecule has 7 nitrogen and oxygen atoms in total. The number of carbonyl (C=O) groups excluding carboxylic acids is 1. The van der Waals surface area contributed by atoms with Gasteiger partial charge in [-0.1, -0.05) is 6.92 Å².